The number of alkyl halides is 3. The molecule has 0 aromatic carbocycles. The van der Waals surface area contributed by atoms with Crippen LogP contribution in [0.2, 0.25) is 12.6 Å². The van der Waals surface area contributed by atoms with Crippen molar-refractivity contribution in [2.24, 2.45) is 0 Å². The Balaban J connectivity index is 2.40. The Hall–Kier alpha value is -1.57. The summed E-state index contributed by atoms with van der Waals surface area (Å²) in [4.78, 5) is 16.6. The minimum Gasteiger partial charge on any atom is -0.374 e. The van der Waals surface area contributed by atoms with Gasteiger partial charge >= 0.3 is 6.18 Å². The number of amides is 1. The first kappa shape index (κ1) is 13.9. The van der Waals surface area contributed by atoms with Gasteiger partial charge in [-0.15, -0.1) is 0 Å². The Morgan fingerprint density at radius 1 is 1.47 bits per heavy atom. The van der Waals surface area contributed by atoms with E-state index in [1.165, 1.54) is 0 Å². The van der Waals surface area contributed by atoms with Crippen molar-refractivity contribution in [1.82, 2.24) is 4.98 Å². The van der Waals surface area contributed by atoms with Crippen LogP contribution in [0.3, 0.4) is 0 Å². The van der Waals surface area contributed by atoms with Gasteiger partial charge in [0, 0.05) is 6.20 Å². The van der Waals surface area contributed by atoms with Crippen LogP contribution in [0.4, 0.5) is 23.8 Å². The van der Waals surface area contributed by atoms with E-state index in [0.717, 1.165) is 23.2 Å². The third-order valence-electron chi connectivity index (χ3n) is 3.47. The van der Waals surface area contributed by atoms with E-state index in [9.17, 15) is 23.1 Å². The minimum absolute atomic E-state index is 0.177. The predicted molar refractivity (Wildman–Crippen MR) is 64.2 cm³/mol. The second-order valence-corrected chi connectivity index (χ2v) is 4.67. The Labute approximate surface area is 108 Å². The van der Waals surface area contributed by atoms with Crippen molar-refractivity contribution in [3.05, 3.63) is 23.9 Å². The van der Waals surface area contributed by atoms with E-state index in [1.54, 1.807) is 13.7 Å². The highest BCUT2D eigenvalue weighted by Crippen LogP contribution is 2.35. The summed E-state index contributed by atoms with van der Waals surface area (Å²) in [6, 6.07) is 1.59. The highest BCUT2D eigenvalue weighted by atomic mass is 19.4. The van der Waals surface area contributed by atoms with Crippen LogP contribution in [0.1, 0.15) is 12.5 Å². The fourth-order valence-electron chi connectivity index (χ4n) is 2.04. The second-order valence-electron chi connectivity index (χ2n) is 4.67. The van der Waals surface area contributed by atoms with E-state index in [0.29, 0.717) is 0 Å². The van der Waals surface area contributed by atoms with E-state index in [2.05, 4.69) is 4.98 Å². The van der Waals surface area contributed by atoms with Crippen molar-refractivity contribution in [2.75, 3.05) is 4.90 Å². The molecule has 0 radical (unpaired) electrons. The molecule has 1 aliphatic heterocycles. The number of aliphatic hydroxyl groups is 1. The smallest absolute Gasteiger partial charge is 0.374 e. The summed E-state index contributed by atoms with van der Waals surface area (Å²) in [7, 11) is 0. The van der Waals surface area contributed by atoms with Gasteiger partial charge in [-0.3, -0.25) is 9.69 Å². The summed E-state index contributed by atoms with van der Waals surface area (Å²) < 4.78 is 37.8. The fraction of sp³-hybridized carbons (Fsp3) is 0.455. The van der Waals surface area contributed by atoms with E-state index in [-0.39, 0.29) is 11.6 Å². The van der Waals surface area contributed by atoms with Gasteiger partial charge in [0.2, 0.25) is 0 Å². The average Bonchev–Trinajstić information content (AvgIpc) is 2.53. The summed E-state index contributed by atoms with van der Waals surface area (Å²) in [5.74, 6) is -0.959. The molecule has 0 saturated carbocycles. The van der Waals surface area contributed by atoms with Gasteiger partial charge in [-0.1, -0.05) is 13.7 Å². The number of nitrogens with zero attached hydrogens (tertiary/aromatic N) is 2. The molecule has 2 rings (SSSR count). The molecule has 1 saturated heterocycles. The Kier molecular flexibility index (Phi) is 3.30. The lowest BCUT2D eigenvalue weighted by atomic mass is 9.45. The molecule has 0 aliphatic carbocycles. The van der Waals surface area contributed by atoms with E-state index < -0.39 is 30.5 Å². The molecule has 0 bridgehead atoms. The van der Waals surface area contributed by atoms with Crippen LogP contribution in [0.25, 0.3) is 0 Å². The van der Waals surface area contributed by atoms with Crippen LogP contribution in [-0.4, -0.2) is 28.8 Å². The van der Waals surface area contributed by atoms with Crippen LogP contribution < -0.4 is 4.90 Å². The number of anilines is 1. The SMILES string of the molecule is CB1C(=O)N(c2cc(C(F)(F)F)ccn2)C(O)C1C. The van der Waals surface area contributed by atoms with Crippen molar-refractivity contribution >= 4 is 18.3 Å². The summed E-state index contributed by atoms with van der Waals surface area (Å²) in [5, 5.41) is 9.93. The molecule has 1 aromatic rings. The highest BCUT2D eigenvalue weighted by Gasteiger charge is 2.46. The van der Waals surface area contributed by atoms with E-state index >= 15 is 0 Å². The first-order valence-corrected chi connectivity index (χ1v) is 5.78. The van der Waals surface area contributed by atoms with E-state index in [1.807, 2.05) is 0 Å². The molecule has 4 nitrogen and oxygen atoms in total. The molecular weight excluding hydrogens is 260 g/mol. The summed E-state index contributed by atoms with van der Waals surface area (Å²) >= 11 is 0. The molecule has 0 spiro atoms. The van der Waals surface area contributed by atoms with Gasteiger partial charge in [0.15, 0.2) is 5.81 Å². The monoisotopic (exact) mass is 272 g/mol. The first-order chi connectivity index (χ1) is 8.73. The molecule has 1 aromatic heterocycles. The number of rotatable bonds is 1. The van der Waals surface area contributed by atoms with Crippen molar-refractivity contribution in [1.29, 1.82) is 0 Å². The molecule has 19 heavy (non-hydrogen) atoms. The van der Waals surface area contributed by atoms with Crippen LogP contribution >= 0.6 is 0 Å². The highest BCUT2D eigenvalue weighted by molar-refractivity contribution is 6.93. The van der Waals surface area contributed by atoms with Crippen LogP contribution in [0.5, 0.6) is 0 Å². The topological polar surface area (TPSA) is 53.4 Å². The second kappa shape index (κ2) is 4.52. The molecule has 1 fully saturated rings. The minimum atomic E-state index is -4.51. The number of pyridine rings is 1. The van der Waals surface area contributed by atoms with Crippen molar-refractivity contribution in [3.63, 3.8) is 0 Å². The molecule has 102 valence electrons. The van der Waals surface area contributed by atoms with Gasteiger partial charge in [0.05, 0.1) is 5.56 Å². The zero-order valence-corrected chi connectivity index (χ0v) is 10.3. The Bertz CT molecular complexity index is 509. The zero-order valence-electron chi connectivity index (χ0n) is 10.3. The first-order valence-electron chi connectivity index (χ1n) is 5.78. The van der Waals surface area contributed by atoms with Crippen molar-refractivity contribution in [2.45, 2.75) is 32.0 Å². The maximum atomic E-state index is 12.6. The maximum Gasteiger partial charge on any atom is 0.416 e. The lowest BCUT2D eigenvalue weighted by Crippen LogP contribution is -2.35. The standard InChI is InChI=1S/C11H12BF3N2O2/c1-6-9(18)17(10(19)12(6)2)8-5-7(3-4-16-8)11(13,14)15/h3-6,9,18H,1-2H3. The number of aliphatic hydroxyl groups excluding tert-OH is 1. The van der Waals surface area contributed by atoms with Crippen molar-refractivity contribution < 1.29 is 23.1 Å². The molecular formula is C11H12BF3N2O2. The normalized spacial score (nSPS) is 24.2. The lowest BCUT2D eigenvalue weighted by Gasteiger charge is -2.22. The third kappa shape index (κ3) is 2.32. The zero-order chi connectivity index (χ0) is 14.4. The Morgan fingerprint density at radius 2 is 2.11 bits per heavy atom. The summed E-state index contributed by atoms with van der Waals surface area (Å²) in [6.45, 7) is 2.84. The number of hydrogen-bond acceptors (Lipinski definition) is 3. The third-order valence-corrected chi connectivity index (χ3v) is 3.47. The molecule has 2 atom stereocenters. The molecule has 8 heteroatoms. The van der Waals surface area contributed by atoms with Crippen molar-refractivity contribution in [3.8, 4) is 0 Å². The number of aromatic nitrogens is 1. The largest absolute Gasteiger partial charge is 0.416 e. The fourth-order valence-corrected chi connectivity index (χ4v) is 2.04. The van der Waals surface area contributed by atoms with Gasteiger partial charge in [-0.2, -0.15) is 13.2 Å². The predicted octanol–water partition coefficient (Wildman–Crippen LogP) is 2.46. The number of carbonyl (C=O) groups excluding carboxylic acids is 1. The van der Waals surface area contributed by atoms with Gasteiger partial charge in [-0.05, 0) is 17.9 Å². The molecule has 2 heterocycles. The molecule has 1 aliphatic rings. The van der Waals surface area contributed by atoms with Gasteiger partial charge in [0.1, 0.15) is 12.0 Å². The summed E-state index contributed by atoms with van der Waals surface area (Å²) in [6.07, 6.45) is -4.69. The summed E-state index contributed by atoms with van der Waals surface area (Å²) in [5.41, 5.74) is -0.898. The number of halogens is 3. The molecule has 2 unspecified atom stereocenters. The molecule has 1 amide bonds. The van der Waals surface area contributed by atoms with Gasteiger partial charge < -0.3 is 5.11 Å². The van der Waals surface area contributed by atoms with Crippen LogP contribution in [0, 0.1) is 0 Å². The van der Waals surface area contributed by atoms with Crippen LogP contribution in [-0.2, 0) is 6.18 Å². The number of carbonyl (C=O) groups is 1. The lowest BCUT2D eigenvalue weighted by molar-refractivity contribution is -0.137. The van der Waals surface area contributed by atoms with Crippen LogP contribution in [0.15, 0.2) is 18.3 Å². The quantitative estimate of drug-likeness (QED) is 0.799. The Morgan fingerprint density at radius 3 is 2.58 bits per heavy atom. The maximum absolute atomic E-state index is 12.6. The average molecular weight is 272 g/mol. The van der Waals surface area contributed by atoms with Gasteiger partial charge in [0.25, 0.3) is 6.71 Å². The number of hydrogen-bond donors (Lipinski definition) is 1. The van der Waals surface area contributed by atoms with Gasteiger partial charge in [-0.25, -0.2) is 4.98 Å². The van der Waals surface area contributed by atoms with E-state index in [4.69, 9.17) is 0 Å². The molecule has 1 N–H and O–H groups in total.